The smallest absolute Gasteiger partial charge is 0.227 e. The number of benzene rings is 1. The first-order valence-corrected chi connectivity index (χ1v) is 11.5. The number of piperidine rings is 1. The molecule has 3 aliphatic heterocycles. The van der Waals surface area contributed by atoms with Crippen LogP contribution in [-0.4, -0.2) is 48.6 Å². The number of aryl methyl sites for hydroxylation is 1. The largest absolute Gasteiger partial charge is 0.401 e. The van der Waals surface area contributed by atoms with Crippen LogP contribution in [0, 0.1) is 5.92 Å². The Kier molecular flexibility index (Phi) is 5.45. The summed E-state index contributed by atoms with van der Waals surface area (Å²) >= 11 is 0. The summed E-state index contributed by atoms with van der Waals surface area (Å²) in [6.07, 6.45) is 5.27. The lowest BCUT2D eigenvalue weighted by Crippen LogP contribution is -2.39. The fourth-order valence-corrected chi connectivity index (χ4v) is 5.52. The minimum Gasteiger partial charge on any atom is -0.401 e. The number of nitrogens with two attached hydrogens (primary N) is 1. The number of rotatable bonds is 4. The minimum absolute atomic E-state index is 0.0999. The van der Waals surface area contributed by atoms with Crippen molar-refractivity contribution in [2.45, 2.75) is 44.9 Å². The molecule has 1 aromatic carbocycles. The molecule has 1 saturated heterocycles. The van der Waals surface area contributed by atoms with E-state index >= 15 is 0 Å². The monoisotopic (exact) mass is 437 g/mol. The number of Topliss-reactive ketones (excluding diaryl/α,β-unsaturated/α-hetero) is 1. The highest BCUT2D eigenvalue weighted by Gasteiger charge is 2.32. The van der Waals surface area contributed by atoms with E-state index in [1.54, 1.807) is 0 Å². The highest BCUT2D eigenvalue weighted by molar-refractivity contribution is 6.05. The highest BCUT2D eigenvalue weighted by atomic mass is 19.1. The van der Waals surface area contributed by atoms with E-state index in [0.717, 1.165) is 60.8 Å². The summed E-state index contributed by atoms with van der Waals surface area (Å²) in [4.78, 5) is 41.3. The van der Waals surface area contributed by atoms with Gasteiger partial charge in [-0.25, -0.2) is 4.39 Å². The predicted octanol–water partition coefficient (Wildman–Crippen LogP) is 2.85. The van der Waals surface area contributed by atoms with Crippen molar-refractivity contribution in [3.05, 3.63) is 52.0 Å². The fourth-order valence-electron chi connectivity index (χ4n) is 5.52. The third-order valence-electron chi connectivity index (χ3n) is 7.32. The first-order valence-electron chi connectivity index (χ1n) is 11.5. The van der Waals surface area contributed by atoms with E-state index in [2.05, 4.69) is 4.90 Å². The van der Waals surface area contributed by atoms with E-state index in [4.69, 9.17) is 5.73 Å². The molecule has 5 rings (SSSR count). The third-order valence-corrected chi connectivity index (χ3v) is 7.32. The van der Waals surface area contributed by atoms with Gasteiger partial charge in [0.2, 0.25) is 5.91 Å². The van der Waals surface area contributed by atoms with Gasteiger partial charge in [-0.1, -0.05) is 0 Å². The van der Waals surface area contributed by atoms with Crippen LogP contribution >= 0.6 is 0 Å². The number of anilines is 1. The summed E-state index contributed by atoms with van der Waals surface area (Å²) in [5.74, 6) is -0.289. The summed E-state index contributed by atoms with van der Waals surface area (Å²) in [6.45, 7) is 2.55. The van der Waals surface area contributed by atoms with Gasteiger partial charge in [-0.15, -0.1) is 0 Å². The normalized spacial score (nSPS) is 23.3. The van der Waals surface area contributed by atoms with Crippen molar-refractivity contribution in [3.8, 4) is 0 Å². The first kappa shape index (κ1) is 21.1. The van der Waals surface area contributed by atoms with Crippen molar-refractivity contribution in [1.82, 2.24) is 4.90 Å². The van der Waals surface area contributed by atoms with Crippen LogP contribution in [0.5, 0.6) is 0 Å². The molecule has 0 radical (unpaired) electrons. The number of ketones is 2. The van der Waals surface area contributed by atoms with E-state index in [9.17, 15) is 18.8 Å². The number of carbonyl (C=O) groups is 3. The Morgan fingerprint density at radius 2 is 1.72 bits per heavy atom. The molecule has 0 saturated carbocycles. The zero-order chi connectivity index (χ0) is 22.4. The molecule has 2 N–H and O–H groups in total. The number of hydrogen-bond donors (Lipinski definition) is 1. The molecule has 32 heavy (non-hydrogen) atoms. The summed E-state index contributed by atoms with van der Waals surface area (Å²) < 4.78 is 13.3. The Bertz CT molecular complexity index is 1070. The molecule has 0 aromatic heterocycles. The molecule has 6 nitrogen and oxygen atoms in total. The average Bonchev–Trinajstić information content (AvgIpc) is 3.22. The van der Waals surface area contributed by atoms with Gasteiger partial charge in [0.25, 0.3) is 0 Å². The Morgan fingerprint density at radius 1 is 1.00 bits per heavy atom. The van der Waals surface area contributed by atoms with Gasteiger partial charge < -0.3 is 10.6 Å². The van der Waals surface area contributed by atoms with E-state index in [-0.39, 0.29) is 35.6 Å². The third kappa shape index (κ3) is 3.79. The molecule has 1 aliphatic carbocycles. The Hall–Kier alpha value is -2.80. The van der Waals surface area contributed by atoms with Gasteiger partial charge in [-0.3, -0.25) is 19.3 Å². The van der Waals surface area contributed by atoms with Crippen LogP contribution < -0.4 is 10.6 Å². The van der Waals surface area contributed by atoms with Crippen molar-refractivity contribution in [2.75, 3.05) is 31.1 Å². The summed E-state index contributed by atoms with van der Waals surface area (Å²) in [5.41, 5.74) is 11.5. The average molecular weight is 438 g/mol. The number of nitrogens with zero attached hydrogens (tertiary/aromatic N) is 2. The van der Waals surface area contributed by atoms with Gasteiger partial charge in [0, 0.05) is 48.2 Å². The molecule has 3 heterocycles. The Labute approximate surface area is 186 Å². The second-order valence-electron chi connectivity index (χ2n) is 9.30. The molecule has 7 heteroatoms. The molecule has 0 unspecified atom stereocenters. The molecule has 1 aromatic rings. The zero-order valence-corrected chi connectivity index (χ0v) is 18.2. The van der Waals surface area contributed by atoms with Crippen LogP contribution in [0.2, 0.25) is 0 Å². The van der Waals surface area contributed by atoms with E-state index < -0.39 is 0 Å². The van der Waals surface area contributed by atoms with Crippen LogP contribution in [0.4, 0.5) is 10.1 Å². The lowest BCUT2D eigenvalue weighted by atomic mass is 9.86. The van der Waals surface area contributed by atoms with Gasteiger partial charge in [0.1, 0.15) is 5.83 Å². The van der Waals surface area contributed by atoms with Crippen LogP contribution in [0.3, 0.4) is 0 Å². The summed E-state index contributed by atoms with van der Waals surface area (Å²) in [7, 11) is 0. The van der Waals surface area contributed by atoms with Gasteiger partial charge in [-0.2, -0.15) is 0 Å². The van der Waals surface area contributed by atoms with Crippen molar-refractivity contribution >= 4 is 23.2 Å². The van der Waals surface area contributed by atoms with Gasteiger partial charge in [0.05, 0.1) is 12.2 Å². The van der Waals surface area contributed by atoms with E-state index in [0.29, 0.717) is 43.6 Å². The van der Waals surface area contributed by atoms with Crippen LogP contribution in [-0.2, 0) is 22.4 Å². The minimum atomic E-state index is -0.375. The van der Waals surface area contributed by atoms with Crippen molar-refractivity contribution in [1.29, 1.82) is 0 Å². The standard InChI is InChI=1S/C25H28FN3O3/c26-19-2-3-20(21(30)13-19)24(27)15-5-8-28(9-6-15)14-22(31)18-11-16-1-4-23(32)29-10-7-17(12-18)25(16)29/h11-13,15H,1-10,14,27H2. The molecule has 168 valence electrons. The summed E-state index contributed by atoms with van der Waals surface area (Å²) in [5, 5.41) is 0. The lowest BCUT2D eigenvalue weighted by molar-refractivity contribution is -0.118. The second kappa shape index (κ2) is 8.28. The maximum atomic E-state index is 13.3. The molecular formula is C25H28FN3O3. The van der Waals surface area contributed by atoms with Gasteiger partial charge in [0.15, 0.2) is 11.6 Å². The zero-order valence-electron chi connectivity index (χ0n) is 18.2. The van der Waals surface area contributed by atoms with Crippen LogP contribution in [0.1, 0.15) is 53.6 Å². The lowest BCUT2D eigenvalue weighted by Gasteiger charge is -2.32. The highest BCUT2D eigenvalue weighted by Crippen LogP contribution is 2.37. The maximum absolute atomic E-state index is 13.3. The van der Waals surface area contributed by atoms with Gasteiger partial charge >= 0.3 is 0 Å². The number of allylic oxidation sites excluding steroid dienone is 4. The van der Waals surface area contributed by atoms with Crippen molar-refractivity contribution < 1.29 is 18.8 Å². The molecule has 4 aliphatic rings. The predicted molar refractivity (Wildman–Crippen MR) is 119 cm³/mol. The first-order chi connectivity index (χ1) is 15.4. The maximum Gasteiger partial charge on any atom is 0.227 e. The SMILES string of the molecule is NC(=C1CCC(F)=CC1=O)C1CCN(CC(=O)c2cc3c4c(c2)CCN4C(=O)CC3)CC1. The molecule has 1 fully saturated rings. The summed E-state index contributed by atoms with van der Waals surface area (Å²) in [6, 6.07) is 3.94. The number of amides is 1. The molecule has 0 bridgehead atoms. The van der Waals surface area contributed by atoms with Gasteiger partial charge in [-0.05, 0) is 68.5 Å². The quantitative estimate of drug-likeness (QED) is 0.579. The number of halogens is 1. The van der Waals surface area contributed by atoms with Crippen molar-refractivity contribution in [3.63, 3.8) is 0 Å². The second-order valence-corrected chi connectivity index (χ2v) is 9.30. The number of carbonyl (C=O) groups excluding carboxylic acids is 3. The molecule has 1 amide bonds. The van der Waals surface area contributed by atoms with E-state index in [1.807, 2.05) is 17.0 Å². The molecular weight excluding hydrogens is 409 g/mol. The Morgan fingerprint density at radius 3 is 2.44 bits per heavy atom. The van der Waals surface area contributed by atoms with Crippen LogP contribution in [0.15, 0.2) is 35.3 Å². The Balaban J connectivity index is 1.22. The van der Waals surface area contributed by atoms with E-state index in [1.165, 1.54) is 0 Å². The fraction of sp³-hybridized carbons (Fsp3) is 0.480. The topological polar surface area (TPSA) is 83.7 Å². The van der Waals surface area contributed by atoms with Crippen molar-refractivity contribution in [2.24, 2.45) is 11.7 Å². The number of likely N-dealkylation sites (tertiary alicyclic amines) is 1. The number of hydrogen-bond acceptors (Lipinski definition) is 5. The molecule has 0 spiro atoms. The molecule has 0 atom stereocenters. The van der Waals surface area contributed by atoms with Crippen LogP contribution in [0.25, 0.3) is 0 Å².